The zero-order valence-electron chi connectivity index (χ0n) is 9.15. The Morgan fingerprint density at radius 3 is 2.81 bits per heavy atom. The summed E-state index contributed by atoms with van der Waals surface area (Å²) in [6.07, 6.45) is 5.53. The van der Waals surface area contributed by atoms with Crippen molar-refractivity contribution in [3.05, 3.63) is 0 Å². The molecular weight excluding hydrogens is 242 g/mol. The molecule has 0 heterocycles. The first-order chi connectivity index (χ1) is 7.65. The second-order valence-corrected chi connectivity index (χ2v) is 6.48. The average Bonchev–Trinajstić information content (AvgIpc) is 2.78. The fourth-order valence-corrected chi connectivity index (χ4v) is 3.94. The molecule has 3 nitrogen and oxygen atoms in total. The second kappa shape index (κ2) is 5.36. The maximum atomic E-state index is 10.4. The number of thioether (sulfide) groups is 1. The number of hydrogen-bond acceptors (Lipinski definition) is 3. The minimum absolute atomic E-state index is 0.184. The van der Waals surface area contributed by atoms with Gasteiger partial charge in [0.05, 0.1) is 6.42 Å². The summed E-state index contributed by atoms with van der Waals surface area (Å²) < 4.78 is 0.777. The zero-order chi connectivity index (χ0) is 11.5. The van der Waals surface area contributed by atoms with Crippen molar-refractivity contribution >= 4 is 34.3 Å². The molecule has 16 heavy (non-hydrogen) atoms. The van der Waals surface area contributed by atoms with Crippen molar-refractivity contribution in [2.75, 3.05) is 5.75 Å². The summed E-state index contributed by atoms with van der Waals surface area (Å²) in [5, 5.41) is 11.9. The third kappa shape index (κ3) is 3.10. The summed E-state index contributed by atoms with van der Waals surface area (Å²) in [7, 11) is 0. The second-order valence-electron chi connectivity index (χ2n) is 4.71. The monoisotopic (exact) mass is 259 g/mol. The molecule has 90 valence electrons. The van der Waals surface area contributed by atoms with Crippen LogP contribution in [0.4, 0.5) is 0 Å². The molecule has 2 rings (SSSR count). The molecule has 3 atom stereocenters. The van der Waals surface area contributed by atoms with Gasteiger partial charge in [-0.2, -0.15) is 0 Å². The highest BCUT2D eigenvalue weighted by molar-refractivity contribution is 8.22. The number of rotatable bonds is 4. The predicted octanol–water partition coefficient (Wildman–Crippen LogP) is 2.26. The SMILES string of the molecule is O=C(O)CCSC(=S)NC1CC2CCC1C2. The van der Waals surface area contributed by atoms with E-state index in [-0.39, 0.29) is 6.42 Å². The number of hydrogen-bond donors (Lipinski definition) is 2. The average molecular weight is 259 g/mol. The van der Waals surface area contributed by atoms with Gasteiger partial charge in [-0.05, 0) is 31.1 Å². The van der Waals surface area contributed by atoms with E-state index in [4.69, 9.17) is 17.3 Å². The van der Waals surface area contributed by atoms with Gasteiger partial charge in [-0.15, -0.1) is 0 Å². The van der Waals surface area contributed by atoms with Crippen molar-refractivity contribution in [1.29, 1.82) is 0 Å². The van der Waals surface area contributed by atoms with Gasteiger partial charge in [-0.25, -0.2) is 0 Å². The van der Waals surface area contributed by atoms with Gasteiger partial charge in [-0.3, -0.25) is 4.79 Å². The van der Waals surface area contributed by atoms with E-state index in [0.29, 0.717) is 11.8 Å². The largest absolute Gasteiger partial charge is 0.481 e. The van der Waals surface area contributed by atoms with Gasteiger partial charge in [0.1, 0.15) is 4.32 Å². The van der Waals surface area contributed by atoms with Crippen LogP contribution in [0.25, 0.3) is 0 Å². The van der Waals surface area contributed by atoms with Gasteiger partial charge in [0.25, 0.3) is 0 Å². The van der Waals surface area contributed by atoms with Crippen LogP contribution >= 0.6 is 24.0 Å². The highest BCUT2D eigenvalue weighted by Crippen LogP contribution is 2.44. The van der Waals surface area contributed by atoms with Gasteiger partial charge in [0, 0.05) is 11.8 Å². The first-order valence-electron chi connectivity index (χ1n) is 5.80. The molecule has 5 heteroatoms. The van der Waals surface area contributed by atoms with Crippen LogP contribution in [0.2, 0.25) is 0 Å². The highest BCUT2D eigenvalue weighted by atomic mass is 32.2. The molecule has 0 saturated heterocycles. The van der Waals surface area contributed by atoms with Crippen molar-refractivity contribution in [1.82, 2.24) is 5.32 Å². The molecule has 3 unspecified atom stereocenters. The van der Waals surface area contributed by atoms with Gasteiger partial charge in [0.2, 0.25) is 0 Å². The number of carbonyl (C=O) groups is 1. The first kappa shape index (κ1) is 12.2. The third-order valence-electron chi connectivity index (χ3n) is 3.59. The summed E-state index contributed by atoms with van der Waals surface area (Å²) >= 11 is 6.68. The van der Waals surface area contributed by atoms with E-state index >= 15 is 0 Å². The predicted molar refractivity (Wildman–Crippen MR) is 69.7 cm³/mol. The number of carboxylic acids is 1. The van der Waals surface area contributed by atoms with Crippen LogP contribution in [0.1, 0.15) is 32.1 Å². The van der Waals surface area contributed by atoms with Gasteiger partial charge < -0.3 is 10.4 Å². The van der Waals surface area contributed by atoms with Crippen molar-refractivity contribution < 1.29 is 9.90 Å². The van der Waals surface area contributed by atoms with Crippen LogP contribution in [0.5, 0.6) is 0 Å². The molecule has 2 N–H and O–H groups in total. The molecule has 0 aromatic carbocycles. The van der Waals surface area contributed by atoms with E-state index in [9.17, 15) is 4.79 Å². The summed E-state index contributed by atoms with van der Waals surface area (Å²) in [5.41, 5.74) is 0. The van der Waals surface area contributed by atoms with E-state index < -0.39 is 5.97 Å². The van der Waals surface area contributed by atoms with Gasteiger partial charge in [-0.1, -0.05) is 30.4 Å². The Balaban J connectivity index is 1.66. The smallest absolute Gasteiger partial charge is 0.304 e. The van der Waals surface area contributed by atoms with Crippen LogP contribution < -0.4 is 5.32 Å². The van der Waals surface area contributed by atoms with Crippen molar-refractivity contribution in [3.63, 3.8) is 0 Å². The summed E-state index contributed by atoms with van der Waals surface area (Å²) in [5.74, 6) is 1.54. The lowest BCUT2D eigenvalue weighted by Gasteiger charge is -2.23. The fraction of sp³-hybridized carbons (Fsp3) is 0.818. The Kier molecular flexibility index (Phi) is 4.08. The first-order valence-corrected chi connectivity index (χ1v) is 7.19. The molecule has 0 spiro atoms. The molecule has 0 aliphatic heterocycles. The van der Waals surface area contributed by atoms with Gasteiger partial charge >= 0.3 is 5.97 Å². The summed E-state index contributed by atoms with van der Waals surface area (Å²) in [6.45, 7) is 0. The highest BCUT2D eigenvalue weighted by Gasteiger charge is 2.39. The number of carboxylic acid groups (broad SMARTS) is 1. The lowest BCUT2D eigenvalue weighted by Crippen LogP contribution is -2.36. The molecule has 2 saturated carbocycles. The number of thiocarbonyl (C=S) groups is 1. The van der Waals surface area contributed by atoms with E-state index in [1.54, 1.807) is 0 Å². The van der Waals surface area contributed by atoms with E-state index in [0.717, 1.165) is 16.2 Å². The standard InChI is InChI=1S/C11H17NO2S2/c13-10(14)3-4-16-11(15)12-9-6-7-1-2-8(9)5-7/h7-9H,1-6H2,(H,12,15)(H,13,14). The van der Waals surface area contributed by atoms with Crippen LogP contribution in [-0.4, -0.2) is 27.2 Å². The molecule has 0 radical (unpaired) electrons. The molecule has 0 aromatic rings. The Morgan fingerprint density at radius 2 is 2.25 bits per heavy atom. The Morgan fingerprint density at radius 1 is 1.44 bits per heavy atom. The maximum Gasteiger partial charge on any atom is 0.304 e. The minimum atomic E-state index is -0.754. The third-order valence-corrected chi connectivity index (χ3v) is 4.85. The topological polar surface area (TPSA) is 49.3 Å². The van der Waals surface area contributed by atoms with E-state index in [1.165, 1.54) is 37.4 Å². The van der Waals surface area contributed by atoms with Crippen LogP contribution in [0, 0.1) is 11.8 Å². The lowest BCUT2D eigenvalue weighted by molar-refractivity contribution is -0.136. The number of fused-ring (bicyclic) bond motifs is 2. The molecule has 0 aromatic heterocycles. The lowest BCUT2D eigenvalue weighted by atomic mass is 9.96. The van der Waals surface area contributed by atoms with E-state index in [1.807, 2.05) is 0 Å². The minimum Gasteiger partial charge on any atom is -0.481 e. The molecule has 2 aliphatic rings. The van der Waals surface area contributed by atoms with Crippen LogP contribution in [0.3, 0.4) is 0 Å². The zero-order valence-corrected chi connectivity index (χ0v) is 10.8. The molecular formula is C11H17NO2S2. The summed E-state index contributed by atoms with van der Waals surface area (Å²) in [4.78, 5) is 10.4. The Labute approximate surface area is 105 Å². The normalized spacial score (nSPS) is 31.6. The van der Waals surface area contributed by atoms with Crippen LogP contribution in [0.15, 0.2) is 0 Å². The van der Waals surface area contributed by atoms with Crippen molar-refractivity contribution in [2.45, 2.75) is 38.1 Å². The summed E-state index contributed by atoms with van der Waals surface area (Å²) in [6, 6.07) is 0.559. The van der Waals surface area contributed by atoms with Crippen LogP contribution in [-0.2, 0) is 4.79 Å². The molecule has 2 bridgehead atoms. The van der Waals surface area contributed by atoms with Gasteiger partial charge in [0.15, 0.2) is 0 Å². The quantitative estimate of drug-likeness (QED) is 0.758. The molecule has 2 aliphatic carbocycles. The van der Waals surface area contributed by atoms with Crippen molar-refractivity contribution in [2.24, 2.45) is 11.8 Å². The number of nitrogens with one attached hydrogen (secondary N) is 1. The molecule has 2 fully saturated rings. The van der Waals surface area contributed by atoms with Crippen molar-refractivity contribution in [3.8, 4) is 0 Å². The Hall–Kier alpha value is -0.290. The molecule has 0 amide bonds. The maximum absolute atomic E-state index is 10.4. The Bertz CT molecular complexity index is 296. The van der Waals surface area contributed by atoms with E-state index in [2.05, 4.69) is 5.32 Å². The number of aliphatic carboxylic acids is 1. The fourth-order valence-electron chi connectivity index (χ4n) is 2.85.